The van der Waals surface area contributed by atoms with Crippen molar-refractivity contribution in [1.29, 1.82) is 0 Å². The highest BCUT2D eigenvalue weighted by atomic mass is 19.1. The number of aliphatic hydroxyl groups excluding tert-OH is 1. The van der Waals surface area contributed by atoms with Crippen molar-refractivity contribution < 1.29 is 28.5 Å². The molecule has 1 aliphatic rings. The van der Waals surface area contributed by atoms with Gasteiger partial charge >= 0.3 is 0 Å². The molecule has 0 aliphatic heterocycles. The van der Waals surface area contributed by atoms with Gasteiger partial charge in [-0.25, -0.2) is 4.39 Å². The van der Waals surface area contributed by atoms with E-state index >= 15 is 0 Å². The van der Waals surface area contributed by atoms with Gasteiger partial charge in [0.2, 0.25) is 5.91 Å². The number of benzene rings is 2. The molecule has 0 aromatic heterocycles. The summed E-state index contributed by atoms with van der Waals surface area (Å²) in [6, 6.07) is 12.2. The van der Waals surface area contributed by atoms with Gasteiger partial charge in [-0.2, -0.15) is 0 Å². The number of amides is 1. The second-order valence-electron chi connectivity index (χ2n) is 8.54. The normalized spacial score (nSPS) is 20.5. The highest BCUT2D eigenvalue weighted by Gasteiger charge is 2.37. The minimum atomic E-state index is -0.538. The first kappa shape index (κ1) is 25.1. The quantitative estimate of drug-likeness (QED) is 0.564. The van der Waals surface area contributed by atoms with Crippen LogP contribution in [0.1, 0.15) is 49.7 Å². The van der Waals surface area contributed by atoms with Crippen LogP contribution in [0.3, 0.4) is 0 Å². The number of methoxy groups -OCH3 is 2. The van der Waals surface area contributed by atoms with Gasteiger partial charge in [-0.15, -0.1) is 0 Å². The second-order valence-corrected chi connectivity index (χ2v) is 8.54. The molecule has 0 bridgehead atoms. The average Bonchev–Trinajstić information content (AvgIpc) is 2.85. The molecule has 180 valence electrons. The van der Waals surface area contributed by atoms with Crippen LogP contribution in [0.4, 0.5) is 10.1 Å². The number of rotatable bonds is 10. The Kier molecular flexibility index (Phi) is 8.83. The summed E-state index contributed by atoms with van der Waals surface area (Å²) in [5.41, 5.74) is 1.92. The van der Waals surface area contributed by atoms with Crippen LogP contribution < -0.4 is 9.64 Å². The smallest absolute Gasteiger partial charge is 0.226 e. The van der Waals surface area contributed by atoms with E-state index in [1.807, 2.05) is 30.3 Å². The summed E-state index contributed by atoms with van der Waals surface area (Å²) < 4.78 is 31.7. The molecule has 2 aromatic rings. The Morgan fingerprint density at radius 1 is 1.15 bits per heavy atom. The van der Waals surface area contributed by atoms with Gasteiger partial charge in [0.15, 0.2) is 0 Å². The van der Waals surface area contributed by atoms with Crippen LogP contribution in [0.2, 0.25) is 0 Å². The molecule has 1 N–H and O–H groups in total. The van der Waals surface area contributed by atoms with E-state index in [4.69, 9.17) is 19.3 Å². The molecule has 1 amide bonds. The van der Waals surface area contributed by atoms with Crippen LogP contribution in [0, 0.1) is 5.82 Å². The molecule has 7 heteroatoms. The molecular formula is C26H34FNO5. The summed E-state index contributed by atoms with van der Waals surface area (Å²) in [5.74, 6) is 0.0498. The van der Waals surface area contributed by atoms with Crippen LogP contribution in [-0.2, 0) is 26.5 Å². The van der Waals surface area contributed by atoms with Gasteiger partial charge in [0.25, 0.3) is 0 Å². The molecule has 1 aliphatic carbocycles. The van der Waals surface area contributed by atoms with Gasteiger partial charge in [-0.1, -0.05) is 12.1 Å². The fourth-order valence-electron chi connectivity index (χ4n) is 4.34. The van der Waals surface area contributed by atoms with Crippen molar-refractivity contribution in [3.8, 4) is 5.75 Å². The maximum Gasteiger partial charge on any atom is 0.226 e. The first-order chi connectivity index (χ1) is 15.9. The molecule has 1 fully saturated rings. The zero-order valence-electron chi connectivity index (χ0n) is 19.7. The third-order valence-corrected chi connectivity index (χ3v) is 6.51. The van der Waals surface area contributed by atoms with E-state index in [0.29, 0.717) is 18.6 Å². The molecule has 6 nitrogen and oxygen atoms in total. The number of nitrogens with zero attached hydrogens (tertiary/aromatic N) is 1. The molecule has 0 spiro atoms. The summed E-state index contributed by atoms with van der Waals surface area (Å²) in [4.78, 5) is 13.7. The Morgan fingerprint density at radius 3 is 2.45 bits per heavy atom. The van der Waals surface area contributed by atoms with E-state index < -0.39 is 5.60 Å². The van der Waals surface area contributed by atoms with Crippen molar-refractivity contribution in [2.45, 2.75) is 56.8 Å². The highest BCUT2D eigenvalue weighted by Crippen LogP contribution is 2.42. The zero-order chi connectivity index (χ0) is 23.8. The van der Waals surface area contributed by atoms with Gasteiger partial charge in [0.1, 0.15) is 18.2 Å². The Balaban J connectivity index is 1.66. The lowest BCUT2D eigenvalue weighted by atomic mass is 9.78. The predicted octanol–water partition coefficient (Wildman–Crippen LogP) is 4.57. The third kappa shape index (κ3) is 6.31. The summed E-state index contributed by atoms with van der Waals surface area (Å²) in [6.07, 6.45) is 4.20. The molecule has 1 saturated carbocycles. The maximum absolute atomic E-state index is 14.5. The van der Waals surface area contributed by atoms with Crippen LogP contribution in [0.5, 0.6) is 5.75 Å². The number of halogens is 1. The Hall–Kier alpha value is -2.48. The van der Waals surface area contributed by atoms with Crippen molar-refractivity contribution in [3.05, 3.63) is 59.4 Å². The summed E-state index contributed by atoms with van der Waals surface area (Å²) in [7, 11) is 5.11. The summed E-state index contributed by atoms with van der Waals surface area (Å²) in [6.45, 7) is 0.272. The fraction of sp³-hybridized carbons (Fsp3) is 0.500. The minimum Gasteiger partial charge on any atom is -0.489 e. The summed E-state index contributed by atoms with van der Waals surface area (Å²) in [5, 5.41) is 8.89. The maximum atomic E-state index is 14.5. The topological polar surface area (TPSA) is 68.2 Å². The molecule has 0 radical (unpaired) electrons. The van der Waals surface area contributed by atoms with Crippen LogP contribution in [0.25, 0.3) is 0 Å². The first-order valence-corrected chi connectivity index (χ1v) is 11.4. The fourth-order valence-corrected chi connectivity index (χ4v) is 4.34. The van der Waals surface area contributed by atoms with Gasteiger partial charge in [0, 0.05) is 46.0 Å². The SMILES string of the molecule is COC1CCC(OC)(c2cc(F)cc(OCc3ccc(N(C)C(=O)CCCO)cc3)c2)CC1. The lowest BCUT2D eigenvalue weighted by molar-refractivity contribution is -0.118. The molecule has 3 rings (SSSR count). The van der Waals surface area contributed by atoms with Crippen LogP contribution in [0.15, 0.2) is 42.5 Å². The molecule has 2 aromatic carbocycles. The number of hydrogen-bond donors (Lipinski definition) is 1. The first-order valence-electron chi connectivity index (χ1n) is 11.4. The van der Waals surface area contributed by atoms with Gasteiger partial charge in [-0.3, -0.25) is 4.79 Å². The van der Waals surface area contributed by atoms with Gasteiger partial charge < -0.3 is 24.2 Å². The van der Waals surface area contributed by atoms with E-state index in [9.17, 15) is 9.18 Å². The Bertz CT molecular complexity index is 909. The lowest BCUT2D eigenvalue weighted by Gasteiger charge is -2.39. The highest BCUT2D eigenvalue weighted by molar-refractivity contribution is 5.92. The van der Waals surface area contributed by atoms with E-state index in [2.05, 4.69) is 0 Å². The van der Waals surface area contributed by atoms with Crippen molar-refractivity contribution in [3.63, 3.8) is 0 Å². The van der Waals surface area contributed by atoms with E-state index in [1.54, 1.807) is 26.2 Å². The monoisotopic (exact) mass is 459 g/mol. The number of carbonyl (C=O) groups is 1. The average molecular weight is 460 g/mol. The lowest BCUT2D eigenvalue weighted by Crippen LogP contribution is -2.36. The molecular weight excluding hydrogens is 425 g/mol. The molecule has 0 saturated heterocycles. The van der Waals surface area contributed by atoms with E-state index in [0.717, 1.165) is 42.5 Å². The number of hydrogen-bond acceptors (Lipinski definition) is 5. The van der Waals surface area contributed by atoms with Crippen molar-refractivity contribution >= 4 is 11.6 Å². The minimum absolute atomic E-state index is 0.00315. The van der Waals surface area contributed by atoms with E-state index in [-0.39, 0.29) is 31.0 Å². The van der Waals surface area contributed by atoms with Crippen LogP contribution >= 0.6 is 0 Å². The summed E-state index contributed by atoms with van der Waals surface area (Å²) >= 11 is 0. The number of ether oxygens (including phenoxy) is 3. The zero-order valence-corrected chi connectivity index (χ0v) is 19.7. The molecule has 0 heterocycles. The largest absolute Gasteiger partial charge is 0.489 e. The molecule has 0 unspecified atom stereocenters. The Labute approximate surface area is 195 Å². The van der Waals surface area contributed by atoms with Crippen molar-refractivity contribution in [1.82, 2.24) is 0 Å². The Morgan fingerprint density at radius 2 is 1.85 bits per heavy atom. The van der Waals surface area contributed by atoms with Gasteiger partial charge in [0.05, 0.1) is 11.7 Å². The third-order valence-electron chi connectivity index (χ3n) is 6.51. The van der Waals surface area contributed by atoms with Crippen LogP contribution in [-0.4, -0.2) is 45.0 Å². The van der Waals surface area contributed by atoms with Crippen molar-refractivity contribution in [2.75, 3.05) is 32.8 Å². The number of carbonyl (C=O) groups excluding carboxylic acids is 1. The molecule has 33 heavy (non-hydrogen) atoms. The van der Waals surface area contributed by atoms with Crippen molar-refractivity contribution in [2.24, 2.45) is 0 Å². The second kappa shape index (κ2) is 11.6. The number of aliphatic hydroxyl groups is 1. The predicted molar refractivity (Wildman–Crippen MR) is 125 cm³/mol. The van der Waals surface area contributed by atoms with E-state index in [1.165, 1.54) is 12.1 Å². The standard InChI is InChI=1S/C26H34FNO5/c1-28(25(30)5-4-14-29)22-8-6-19(7-9-22)18-33-24-16-20(15-21(27)17-24)26(32-3)12-10-23(31-2)11-13-26/h6-9,15-17,23,29H,4-5,10-14,18H2,1-3H3. The van der Waals surface area contributed by atoms with Gasteiger partial charge in [-0.05, 0) is 67.5 Å². The molecule has 0 atom stereocenters. The number of anilines is 1.